The standard InChI is InChI=1S/C13H12ClN5O3S/c1-22-8-5-3-2-4-7(8)17-13-18-10(14)9(23-13)6-16-19-12(21)11(15)20/h2-6H,1H3,(H2,15,20)(H,17,18)(H,19,21)/b16-6+. The molecule has 0 unspecified atom stereocenters. The molecule has 23 heavy (non-hydrogen) atoms. The van der Waals surface area contributed by atoms with Crippen molar-refractivity contribution in [2.75, 3.05) is 12.4 Å². The van der Waals surface area contributed by atoms with Gasteiger partial charge in [-0.05, 0) is 12.1 Å². The normalized spacial score (nSPS) is 10.5. The van der Waals surface area contributed by atoms with Crippen LogP contribution >= 0.6 is 22.9 Å². The molecule has 4 N–H and O–H groups in total. The van der Waals surface area contributed by atoms with Crippen LogP contribution in [0.25, 0.3) is 0 Å². The summed E-state index contributed by atoms with van der Waals surface area (Å²) in [5, 5.41) is 7.38. The number of amides is 2. The molecule has 8 nitrogen and oxygen atoms in total. The first-order valence-electron chi connectivity index (χ1n) is 6.20. The Balaban J connectivity index is 2.10. The molecule has 0 radical (unpaired) electrons. The molecule has 2 aromatic rings. The van der Waals surface area contributed by atoms with E-state index in [1.807, 2.05) is 23.6 Å². The topological polar surface area (TPSA) is 119 Å². The second-order valence-corrected chi connectivity index (χ2v) is 5.45. The number of primary amides is 1. The number of rotatable bonds is 5. The van der Waals surface area contributed by atoms with Crippen LogP contribution in [0.1, 0.15) is 4.88 Å². The Bertz CT molecular complexity index is 762. The Kier molecular flexibility index (Phi) is 5.50. The minimum Gasteiger partial charge on any atom is -0.495 e. The number of halogens is 1. The van der Waals surface area contributed by atoms with E-state index in [9.17, 15) is 9.59 Å². The summed E-state index contributed by atoms with van der Waals surface area (Å²) >= 11 is 7.20. The van der Waals surface area contributed by atoms with Gasteiger partial charge in [-0.25, -0.2) is 10.4 Å². The molecule has 10 heteroatoms. The number of nitrogens with zero attached hydrogens (tertiary/aromatic N) is 2. The van der Waals surface area contributed by atoms with Gasteiger partial charge in [0, 0.05) is 0 Å². The number of para-hydroxylation sites is 2. The second kappa shape index (κ2) is 7.56. The maximum absolute atomic E-state index is 11.0. The molecule has 120 valence electrons. The Labute approximate surface area is 140 Å². The zero-order valence-electron chi connectivity index (χ0n) is 11.9. The predicted octanol–water partition coefficient (Wildman–Crippen LogP) is 1.48. The van der Waals surface area contributed by atoms with Crippen LogP contribution in [0.2, 0.25) is 5.15 Å². The van der Waals surface area contributed by atoms with Crippen molar-refractivity contribution in [2.24, 2.45) is 10.8 Å². The second-order valence-electron chi connectivity index (χ2n) is 4.06. The molecule has 0 aliphatic carbocycles. The zero-order valence-corrected chi connectivity index (χ0v) is 13.4. The molecule has 0 spiro atoms. The Morgan fingerprint density at radius 2 is 2.17 bits per heavy atom. The van der Waals surface area contributed by atoms with Crippen LogP contribution in [-0.2, 0) is 9.59 Å². The number of carbonyl (C=O) groups is 2. The summed E-state index contributed by atoms with van der Waals surface area (Å²) in [6.45, 7) is 0. The van der Waals surface area contributed by atoms with Crippen molar-refractivity contribution >= 4 is 51.8 Å². The van der Waals surface area contributed by atoms with Gasteiger partial charge >= 0.3 is 11.8 Å². The van der Waals surface area contributed by atoms with Crippen molar-refractivity contribution in [3.05, 3.63) is 34.3 Å². The summed E-state index contributed by atoms with van der Waals surface area (Å²) in [5.41, 5.74) is 7.48. The first-order chi connectivity index (χ1) is 11.0. The van der Waals surface area contributed by atoms with Gasteiger partial charge in [0.2, 0.25) is 0 Å². The number of methoxy groups -OCH3 is 1. The monoisotopic (exact) mass is 353 g/mol. The van der Waals surface area contributed by atoms with Crippen LogP contribution in [0.4, 0.5) is 10.8 Å². The van der Waals surface area contributed by atoms with E-state index in [4.69, 9.17) is 22.1 Å². The van der Waals surface area contributed by atoms with Gasteiger partial charge in [-0.15, -0.1) is 0 Å². The van der Waals surface area contributed by atoms with Gasteiger partial charge in [0.15, 0.2) is 10.3 Å². The van der Waals surface area contributed by atoms with E-state index in [2.05, 4.69) is 15.4 Å². The number of benzene rings is 1. The van der Waals surface area contributed by atoms with E-state index in [1.54, 1.807) is 13.2 Å². The highest BCUT2D eigenvalue weighted by Crippen LogP contribution is 2.31. The van der Waals surface area contributed by atoms with Gasteiger partial charge in [0.25, 0.3) is 0 Å². The van der Waals surface area contributed by atoms with Crippen molar-refractivity contribution < 1.29 is 14.3 Å². The lowest BCUT2D eigenvalue weighted by molar-refractivity contribution is -0.137. The summed E-state index contributed by atoms with van der Waals surface area (Å²) in [6, 6.07) is 7.33. The quantitative estimate of drug-likeness (QED) is 0.427. The average molecular weight is 354 g/mol. The van der Waals surface area contributed by atoms with Crippen molar-refractivity contribution in [2.45, 2.75) is 0 Å². The number of ether oxygens (including phenoxy) is 1. The lowest BCUT2D eigenvalue weighted by Gasteiger charge is -2.07. The number of carbonyl (C=O) groups excluding carboxylic acids is 2. The molecular formula is C13H12ClN5O3S. The van der Waals surface area contributed by atoms with Gasteiger partial charge in [-0.1, -0.05) is 35.1 Å². The zero-order chi connectivity index (χ0) is 16.8. The fourth-order valence-corrected chi connectivity index (χ4v) is 2.55. The van der Waals surface area contributed by atoms with Crippen LogP contribution in [0.15, 0.2) is 29.4 Å². The summed E-state index contributed by atoms with van der Waals surface area (Å²) in [5.74, 6) is -1.49. The number of anilines is 2. The maximum Gasteiger partial charge on any atom is 0.329 e. The Morgan fingerprint density at radius 3 is 2.87 bits per heavy atom. The average Bonchev–Trinajstić information content (AvgIpc) is 2.87. The third-order valence-corrected chi connectivity index (χ3v) is 3.84. The van der Waals surface area contributed by atoms with Gasteiger partial charge in [0.05, 0.1) is 23.9 Å². The van der Waals surface area contributed by atoms with Crippen molar-refractivity contribution in [3.63, 3.8) is 0 Å². The maximum atomic E-state index is 11.0. The van der Waals surface area contributed by atoms with Crippen molar-refractivity contribution in [1.82, 2.24) is 10.4 Å². The first kappa shape index (κ1) is 16.7. The van der Waals surface area contributed by atoms with Gasteiger partial charge < -0.3 is 15.8 Å². The minimum atomic E-state index is -1.13. The predicted molar refractivity (Wildman–Crippen MR) is 88.3 cm³/mol. The molecule has 1 aromatic carbocycles. The highest BCUT2D eigenvalue weighted by molar-refractivity contribution is 7.17. The largest absolute Gasteiger partial charge is 0.495 e. The first-order valence-corrected chi connectivity index (χ1v) is 7.40. The van der Waals surface area contributed by atoms with Crippen molar-refractivity contribution in [1.29, 1.82) is 0 Å². The highest BCUT2D eigenvalue weighted by atomic mass is 35.5. The Hall–Kier alpha value is -2.65. The van der Waals surface area contributed by atoms with Gasteiger partial charge in [-0.2, -0.15) is 5.10 Å². The molecule has 0 aliphatic rings. The smallest absolute Gasteiger partial charge is 0.329 e. The lowest BCUT2D eigenvalue weighted by atomic mass is 10.3. The summed E-state index contributed by atoms with van der Waals surface area (Å²) in [7, 11) is 1.56. The Morgan fingerprint density at radius 1 is 1.43 bits per heavy atom. The molecule has 0 bridgehead atoms. The molecule has 1 heterocycles. The number of thiazole rings is 1. The van der Waals surface area contributed by atoms with E-state index in [0.29, 0.717) is 15.8 Å². The third kappa shape index (κ3) is 4.41. The molecule has 0 fully saturated rings. The molecule has 0 atom stereocenters. The molecule has 1 aromatic heterocycles. The number of aromatic nitrogens is 1. The minimum absolute atomic E-state index is 0.199. The summed E-state index contributed by atoms with van der Waals surface area (Å²) in [4.78, 5) is 26.1. The summed E-state index contributed by atoms with van der Waals surface area (Å²) in [6.07, 6.45) is 1.27. The number of nitrogens with one attached hydrogen (secondary N) is 2. The summed E-state index contributed by atoms with van der Waals surface area (Å²) < 4.78 is 5.23. The molecule has 0 aliphatic heterocycles. The van der Waals surface area contributed by atoms with Gasteiger partial charge in [-0.3, -0.25) is 9.59 Å². The molecule has 0 saturated heterocycles. The number of hydrogen-bond donors (Lipinski definition) is 3. The number of hydrazone groups is 1. The molecule has 2 amide bonds. The third-order valence-electron chi connectivity index (χ3n) is 2.53. The molecule has 0 saturated carbocycles. The fourth-order valence-electron chi connectivity index (χ4n) is 1.51. The van der Waals surface area contributed by atoms with Crippen molar-refractivity contribution in [3.8, 4) is 5.75 Å². The van der Waals surface area contributed by atoms with Crippen LogP contribution < -0.4 is 21.2 Å². The molecular weight excluding hydrogens is 342 g/mol. The lowest BCUT2D eigenvalue weighted by Crippen LogP contribution is -2.32. The van der Waals surface area contributed by atoms with Gasteiger partial charge in [0.1, 0.15) is 5.75 Å². The number of nitrogens with two attached hydrogens (primary N) is 1. The fraction of sp³-hybridized carbons (Fsp3) is 0.0769. The van der Waals surface area contributed by atoms with E-state index in [0.717, 1.165) is 5.69 Å². The van der Waals surface area contributed by atoms with Crippen LogP contribution in [0, 0.1) is 0 Å². The van der Waals surface area contributed by atoms with Crippen LogP contribution in [-0.4, -0.2) is 30.1 Å². The van der Waals surface area contributed by atoms with E-state index >= 15 is 0 Å². The van der Waals surface area contributed by atoms with E-state index < -0.39 is 11.8 Å². The molecule has 2 rings (SSSR count). The van der Waals surface area contributed by atoms with E-state index in [-0.39, 0.29) is 5.15 Å². The van der Waals surface area contributed by atoms with E-state index in [1.165, 1.54) is 17.6 Å². The van der Waals surface area contributed by atoms with Crippen LogP contribution in [0.3, 0.4) is 0 Å². The highest BCUT2D eigenvalue weighted by Gasteiger charge is 2.10. The SMILES string of the molecule is COc1ccccc1Nc1nc(Cl)c(/C=N/NC(=O)C(N)=O)s1. The van der Waals surface area contributed by atoms with Crippen LogP contribution in [0.5, 0.6) is 5.75 Å². The number of hydrogen-bond acceptors (Lipinski definition) is 7.